The Morgan fingerprint density at radius 1 is 1.09 bits per heavy atom. The van der Waals surface area contributed by atoms with Crippen LogP contribution in [0.2, 0.25) is 0 Å². The van der Waals surface area contributed by atoms with E-state index in [4.69, 9.17) is 5.73 Å². The number of hydrogen-bond acceptors (Lipinski definition) is 4. The zero-order chi connectivity index (χ0) is 22.9. The van der Waals surface area contributed by atoms with Crippen LogP contribution in [-0.4, -0.2) is 42.0 Å². The van der Waals surface area contributed by atoms with Gasteiger partial charge in [0.15, 0.2) is 0 Å². The van der Waals surface area contributed by atoms with Crippen LogP contribution in [-0.2, 0) is 6.42 Å². The quantitative estimate of drug-likeness (QED) is 0.576. The Hall–Kier alpha value is -3.25. The van der Waals surface area contributed by atoms with E-state index in [0.717, 1.165) is 36.2 Å². The molecule has 2 aromatic carbocycles. The van der Waals surface area contributed by atoms with Gasteiger partial charge in [0, 0.05) is 29.8 Å². The number of benzene rings is 2. The van der Waals surface area contributed by atoms with Crippen molar-refractivity contribution in [3.8, 4) is 22.3 Å². The number of pyridine rings is 1. The highest BCUT2D eigenvalue weighted by Crippen LogP contribution is 2.34. The van der Waals surface area contributed by atoms with Crippen LogP contribution in [0, 0.1) is 5.95 Å². The van der Waals surface area contributed by atoms with Gasteiger partial charge in [0.25, 0.3) is 5.91 Å². The lowest BCUT2D eigenvalue weighted by Crippen LogP contribution is -2.34. The molecule has 1 amide bonds. The van der Waals surface area contributed by atoms with Gasteiger partial charge in [-0.25, -0.2) is 4.98 Å². The van der Waals surface area contributed by atoms with Gasteiger partial charge in [-0.05, 0) is 72.7 Å². The molecule has 0 radical (unpaired) electrons. The molecule has 3 aromatic rings. The van der Waals surface area contributed by atoms with E-state index in [9.17, 15) is 9.18 Å². The molecule has 6 heteroatoms. The van der Waals surface area contributed by atoms with Crippen molar-refractivity contribution in [3.63, 3.8) is 0 Å². The number of piperidine rings is 1. The van der Waals surface area contributed by atoms with E-state index in [1.165, 1.54) is 24.9 Å². The van der Waals surface area contributed by atoms with Gasteiger partial charge in [-0.15, -0.1) is 0 Å². The first-order valence-electron chi connectivity index (χ1n) is 11.7. The molecular formula is C27H29FN4O. The van der Waals surface area contributed by atoms with Gasteiger partial charge in [-0.3, -0.25) is 4.79 Å². The van der Waals surface area contributed by atoms with Crippen molar-refractivity contribution in [2.75, 3.05) is 31.9 Å². The number of carbonyl (C=O) groups excluding carboxylic acids is 1. The van der Waals surface area contributed by atoms with Gasteiger partial charge in [0.2, 0.25) is 5.95 Å². The average molecular weight is 445 g/mol. The number of anilines is 1. The Bertz CT molecular complexity index is 1190. The number of nitrogens with two attached hydrogens (primary N) is 1. The summed E-state index contributed by atoms with van der Waals surface area (Å²) in [5.41, 5.74) is 11.8. The van der Waals surface area contributed by atoms with E-state index in [-0.39, 0.29) is 11.7 Å². The Labute approximate surface area is 193 Å². The number of nitrogens with zero attached hydrogens (tertiary/aromatic N) is 2. The summed E-state index contributed by atoms with van der Waals surface area (Å²) in [6.45, 7) is 6.14. The molecule has 5 rings (SSSR count). The van der Waals surface area contributed by atoms with Crippen LogP contribution in [0.5, 0.6) is 0 Å². The maximum Gasteiger partial charge on any atom is 0.251 e. The zero-order valence-electron chi connectivity index (χ0n) is 18.9. The molecule has 0 saturated carbocycles. The van der Waals surface area contributed by atoms with Crippen LogP contribution in [0.25, 0.3) is 22.3 Å². The topological polar surface area (TPSA) is 71.2 Å². The first-order valence-corrected chi connectivity index (χ1v) is 11.7. The van der Waals surface area contributed by atoms with Gasteiger partial charge in [-0.1, -0.05) is 43.3 Å². The fraction of sp³-hybridized carbons (Fsp3) is 0.333. The van der Waals surface area contributed by atoms with Crippen molar-refractivity contribution < 1.29 is 9.18 Å². The number of carbonyl (C=O) groups is 1. The second kappa shape index (κ2) is 8.94. The fourth-order valence-electron chi connectivity index (χ4n) is 5.08. The average Bonchev–Trinajstić information content (AvgIpc) is 2.84. The Morgan fingerprint density at radius 2 is 1.88 bits per heavy atom. The Balaban J connectivity index is 1.46. The van der Waals surface area contributed by atoms with Crippen molar-refractivity contribution >= 4 is 11.7 Å². The first-order chi connectivity index (χ1) is 16.0. The highest BCUT2D eigenvalue weighted by molar-refractivity contribution is 5.97. The number of likely N-dealkylation sites (N-methyl/N-ethyl adjacent to an activating group) is 1. The maximum absolute atomic E-state index is 14.9. The van der Waals surface area contributed by atoms with Crippen LogP contribution in [0.15, 0.2) is 48.5 Å². The molecular weight excluding hydrogens is 415 g/mol. The third-order valence-corrected chi connectivity index (χ3v) is 6.99. The lowest BCUT2D eigenvalue weighted by atomic mass is 9.89. The van der Waals surface area contributed by atoms with Crippen molar-refractivity contribution in [2.45, 2.75) is 32.1 Å². The largest absolute Gasteiger partial charge is 0.383 e. The smallest absolute Gasteiger partial charge is 0.251 e. The van der Waals surface area contributed by atoms with E-state index in [1.54, 1.807) is 12.1 Å². The first kappa shape index (κ1) is 21.6. The monoisotopic (exact) mass is 444 g/mol. The molecule has 1 unspecified atom stereocenters. The molecule has 1 fully saturated rings. The molecule has 2 aliphatic rings. The number of rotatable bonds is 4. The highest BCUT2D eigenvalue weighted by atomic mass is 19.1. The van der Waals surface area contributed by atoms with E-state index in [1.807, 2.05) is 24.3 Å². The molecule has 1 aromatic heterocycles. The van der Waals surface area contributed by atoms with Crippen LogP contribution < -0.4 is 11.1 Å². The molecule has 0 spiro atoms. The SMILES string of the molecule is CCN1CCCC(c2ccc(-c3cc(-c4ccc5c(c4)CCNC5=O)c(N)nc3F)cc2)C1. The number of halogens is 1. The van der Waals surface area contributed by atoms with Gasteiger partial charge < -0.3 is 16.0 Å². The minimum Gasteiger partial charge on any atom is -0.383 e. The van der Waals surface area contributed by atoms with Crippen LogP contribution in [0.1, 0.15) is 47.2 Å². The van der Waals surface area contributed by atoms with Gasteiger partial charge in [-0.2, -0.15) is 4.39 Å². The van der Waals surface area contributed by atoms with E-state index < -0.39 is 5.95 Å². The summed E-state index contributed by atoms with van der Waals surface area (Å²) in [7, 11) is 0. The number of nitrogens with one attached hydrogen (secondary N) is 1. The minimum absolute atomic E-state index is 0.0613. The third kappa shape index (κ3) is 4.23. The standard InChI is InChI=1S/C27H29FN4O/c1-2-32-13-3-4-21(16-32)17-5-7-18(8-6-17)23-15-24(26(29)31-25(23)28)19-9-10-22-20(14-19)11-12-30-27(22)33/h5-10,14-15,21H,2-4,11-13,16H2,1H3,(H2,29,31)(H,30,33). The van der Waals surface area contributed by atoms with Crippen LogP contribution >= 0.6 is 0 Å². The highest BCUT2D eigenvalue weighted by Gasteiger charge is 2.21. The van der Waals surface area contributed by atoms with E-state index in [2.05, 4.69) is 34.3 Å². The molecule has 0 bridgehead atoms. The Kier molecular flexibility index (Phi) is 5.85. The number of fused-ring (bicyclic) bond motifs is 1. The summed E-state index contributed by atoms with van der Waals surface area (Å²) >= 11 is 0. The molecule has 3 heterocycles. The molecule has 1 saturated heterocycles. The van der Waals surface area contributed by atoms with Gasteiger partial charge >= 0.3 is 0 Å². The molecule has 3 N–H and O–H groups in total. The van der Waals surface area contributed by atoms with Crippen molar-refractivity contribution in [1.29, 1.82) is 0 Å². The number of aromatic nitrogens is 1. The lowest BCUT2D eigenvalue weighted by Gasteiger charge is -2.32. The predicted octanol–water partition coefficient (Wildman–Crippen LogP) is 4.62. The molecule has 1 atom stereocenters. The second-order valence-electron chi connectivity index (χ2n) is 8.99. The second-order valence-corrected chi connectivity index (χ2v) is 8.99. The number of amides is 1. The number of hydrogen-bond donors (Lipinski definition) is 2. The minimum atomic E-state index is -0.573. The summed E-state index contributed by atoms with van der Waals surface area (Å²) in [6.07, 6.45) is 3.16. The summed E-state index contributed by atoms with van der Waals surface area (Å²) in [5.74, 6) is 0.0327. The van der Waals surface area contributed by atoms with Crippen molar-refractivity contribution in [3.05, 3.63) is 71.2 Å². The van der Waals surface area contributed by atoms with Gasteiger partial charge in [0.1, 0.15) is 5.82 Å². The van der Waals surface area contributed by atoms with Crippen LogP contribution in [0.4, 0.5) is 10.2 Å². The molecule has 0 aliphatic carbocycles. The van der Waals surface area contributed by atoms with Crippen molar-refractivity contribution in [2.24, 2.45) is 0 Å². The van der Waals surface area contributed by atoms with E-state index in [0.29, 0.717) is 29.2 Å². The summed E-state index contributed by atoms with van der Waals surface area (Å²) in [5, 5.41) is 2.85. The van der Waals surface area contributed by atoms with Crippen molar-refractivity contribution in [1.82, 2.24) is 15.2 Å². The summed E-state index contributed by atoms with van der Waals surface area (Å²) < 4.78 is 14.9. The number of nitrogen functional groups attached to an aromatic ring is 1. The summed E-state index contributed by atoms with van der Waals surface area (Å²) in [4.78, 5) is 18.6. The fourth-order valence-corrected chi connectivity index (χ4v) is 5.08. The van der Waals surface area contributed by atoms with E-state index >= 15 is 0 Å². The maximum atomic E-state index is 14.9. The lowest BCUT2D eigenvalue weighted by molar-refractivity contribution is 0.0946. The van der Waals surface area contributed by atoms with Crippen LogP contribution in [0.3, 0.4) is 0 Å². The molecule has 5 nitrogen and oxygen atoms in total. The molecule has 2 aliphatic heterocycles. The Morgan fingerprint density at radius 3 is 2.67 bits per heavy atom. The molecule has 170 valence electrons. The number of likely N-dealkylation sites (tertiary alicyclic amines) is 1. The summed E-state index contributed by atoms with van der Waals surface area (Å²) in [6, 6.07) is 15.6. The third-order valence-electron chi connectivity index (χ3n) is 6.99. The van der Waals surface area contributed by atoms with Gasteiger partial charge in [0.05, 0.1) is 0 Å². The molecule has 33 heavy (non-hydrogen) atoms. The predicted molar refractivity (Wildman–Crippen MR) is 130 cm³/mol. The normalized spacial score (nSPS) is 18.6. The zero-order valence-corrected chi connectivity index (χ0v) is 18.9.